The van der Waals surface area contributed by atoms with Crippen LogP contribution < -0.4 is 10.6 Å². The van der Waals surface area contributed by atoms with E-state index in [9.17, 15) is 9.90 Å². The summed E-state index contributed by atoms with van der Waals surface area (Å²) in [6.45, 7) is 9.35. The number of nitrogens with zero attached hydrogens (tertiary/aromatic N) is 1. The molecule has 0 aromatic carbocycles. The number of carbonyl (C=O) groups excluding carboxylic acids is 1. The molecular weight excluding hydrogens is 270 g/mol. The molecule has 2 heterocycles. The lowest BCUT2D eigenvalue weighted by Gasteiger charge is -2.32. The Kier molecular flexibility index (Phi) is 5.84. The summed E-state index contributed by atoms with van der Waals surface area (Å²) in [5.41, 5.74) is 0. The Morgan fingerprint density at radius 2 is 2.05 bits per heavy atom. The monoisotopic (exact) mass is 299 g/mol. The molecule has 0 unspecified atom stereocenters. The smallest absolute Gasteiger partial charge is 0.315 e. The highest BCUT2D eigenvalue weighted by Crippen LogP contribution is 2.20. The minimum Gasteiger partial charge on any atom is -0.388 e. The number of rotatable bonds is 4. The van der Waals surface area contributed by atoms with Gasteiger partial charge >= 0.3 is 6.03 Å². The summed E-state index contributed by atoms with van der Waals surface area (Å²) in [6.07, 6.45) is 1.58. The molecule has 0 aromatic rings. The maximum atomic E-state index is 11.7. The normalized spacial score (nSPS) is 31.6. The highest BCUT2D eigenvalue weighted by molar-refractivity contribution is 5.74. The predicted octanol–water partition coefficient (Wildman–Crippen LogP) is 0.554. The summed E-state index contributed by atoms with van der Waals surface area (Å²) in [7, 11) is 0. The average Bonchev–Trinajstić information content (AvgIpc) is 2.73. The van der Waals surface area contributed by atoms with Crippen LogP contribution in [0.1, 0.15) is 33.6 Å². The molecule has 6 nitrogen and oxygen atoms in total. The average molecular weight is 299 g/mol. The van der Waals surface area contributed by atoms with Crippen molar-refractivity contribution < 1.29 is 14.6 Å². The maximum absolute atomic E-state index is 11.7. The van der Waals surface area contributed by atoms with Crippen LogP contribution in [-0.2, 0) is 4.74 Å². The molecule has 3 atom stereocenters. The molecular formula is C15H29N3O3. The third-order valence-electron chi connectivity index (χ3n) is 4.33. The zero-order valence-electron chi connectivity index (χ0n) is 13.3. The van der Waals surface area contributed by atoms with Gasteiger partial charge in [0.1, 0.15) is 6.10 Å². The van der Waals surface area contributed by atoms with E-state index >= 15 is 0 Å². The number of carbonyl (C=O) groups is 1. The number of ether oxygens (including phenoxy) is 1. The van der Waals surface area contributed by atoms with Crippen molar-refractivity contribution in [2.24, 2.45) is 5.92 Å². The first-order valence-electron chi connectivity index (χ1n) is 8.04. The molecule has 2 fully saturated rings. The van der Waals surface area contributed by atoms with Crippen LogP contribution in [0.4, 0.5) is 4.79 Å². The summed E-state index contributed by atoms with van der Waals surface area (Å²) in [6, 6.07) is -0.488. The van der Waals surface area contributed by atoms with Crippen molar-refractivity contribution in [3.63, 3.8) is 0 Å². The number of aliphatic hydroxyl groups is 1. The maximum Gasteiger partial charge on any atom is 0.315 e. The quantitative estimate of drug-likeness (QED) is 0.709. The lowest BCUT2D eigenvalue weighted by atomic mass is 9.98. The van der Waals surface area contributed by atoms with Gasteiger partial charge in [-0.2, -0.15) is 0 Å². The lowest BCUT2D eigenvalue weighted by Crippen LogP contribution is -2.51. The summed E-state index contributed by atoms with van der Waals surface area (Å²) in [5.74, 6) is 0.796. The van der Waals surface area contributed by atoms with E-state index in [4.69, 9.17) is 4.74 Å². The fraction of sp³-hybridized carbons (Fsp3) is 0.933. The molecule has 2 saturated heterocycles. The Morgan fingerprint density at radius 1 is 1.38 bits per heavy atom. The van der Waals surface area contributed by atoms with Gasteiger partial charge in [0, 0.05) is 12.6 Å². The first-order valence-corrected chi connectivity index (χ1v) is 8.04. The zero-order valence-corrected chi connectivity index (χ0v) is 13.3. The summed E-state index contributed by atoms with van der Waals surface area (Å²) in [5, 5.41) is 15.9. The molecule has 6 heteroatoms. The summed E-state index contributed by atoms with van der Waals surface area (Å²) < 4.78 is 5.68. The molecule has 0 radical (unpaired) electrons. The summed E-state index contributed by atoms with van der Waals surface area (Å²) >= 11 is 0. The number of aliphatic hydroxyl groups excluding tert-OH is 1. The van der Waals surface area contributed by atoms with Gasteiger partial charge in [0.15, 0.2) is 0 Å². The topological polar surface area (TPSA) is 73.8 Å². The standard InChI is InChI=1S/C15H29N3O3/c1-10(2)16-15(20)17-12-9-21-13(14(12)19)8-18-6-4-11(3)5-7-18/h10-14,19H,4-9H2,1-3H3,(H2,16,17,20)/t12-,13-,14+/m0/s1. The van der Waals surface area contributed by atoms with Gasteiger partial charge in [-0.05, 0) is 45.7 Å². The molecule has 2 aliphatic rings. The molecule has 2 amide bonds. The largest absolute Gasteiger partial charge is 0.388 e. The van der Waals surface area contributed by atoms with Gasteiger partial charge in [-0.1, -0.05) is 6.92 Å². The van der Waals surface area contributed by atoms with Crippen molar-refractivity contribution in [1.82, 2.24) is 15.5 Å². The second-order valence-electron chi connectivity index (χ2n) is 6.72. The fourth-order valence-electron chi connectivity index (χ4n) is 2.94. The third-order valence-corrected chi connectivity index (χ3v) is 4.33. The van der Waals surface area contributed by atoms with Gasteiger partial charge in [-0.3, -0.25) is 0 Å². The van der Waals surface area contributed by atoms with Crippen LogP contribution in [-0.4, -0.2) is 66.6 Å². The Balaban J connectivity index is 1.75. The molecule has 0 aliphatic carbocycles. The van der Waals surface area contributed by atoms with E-state index in [2.05, 4.69) is 22.5 Å². The van der Waals surface area contributed by atoms with Crippen molar-refractivity contribution in [1.29, 1.82) is 0 Å². The van der Waals surface area contributed by atoms with Crippen molar-refractivity contribution >= 4 is 6.03 Å². The predicted molar refractivity (Wildman–Crippen MR) is 81.2 cm³/mol. The Labute approximate surface area is 127 Å². The van der Waals surface area contributed by atoms with Crippen LogP contribution in [0.2, 0.25) is 0 Å². The van der Waals surface area contributed by atoms with Gasteiger partial charge in [0.2, 0.25) is 0 Å². The molecule has 21 heavy (non-hydrogen) atoms. The van der Waals surface area contributed by atoms with E-state index in [1.165, 1.54) is 12.8 Å². The molecule has 122 valence electrons. The van der Waals surface area contributed by atoms with Crippen molar-refractivity contribution in [3.8, 4) is 0 Å². The summed E-state index contributed by atoms with van der Waals surface area (Å²) in [4.78, 5) is 14.0. The highest BCUT2D eigenvalue weighted by atomic mass is 16.5. The second-order valence-corrected chi connectivity index (χ2v) is 6.72. The van der Waals surface area contributed by atoms with Gasteiger partial charge in [0.25, 0.3) is 0 Å². The SMILES string of the molecule is CC1CCN(C[C@@H]2OC[C@H](NC(=O)NC(C)C)[C@H]2O)CC1. The van der Waals surface area contributed by atoms with Crippen LogP contribution >= 0.6 is 0 Å². The Bertz CT molecular complexity index is 343. The Morgan fingerprint density at radius 3 is 2.67 bits per heavy atom. The van der Waals surface area contributed by atoms with Crippen LogP contribution in [0.3, 0.4) is 0 Å². The number of piperidine rings is 1. The minimum absolute atomic E-state index is 0.0793. The van der Waals surface area contributed by atoms with Gasteiger partial charge < -0.3 is 25.4 Å². The molecule has 0 aromatic heterocycles. The first-order chi connectivity index (χ1) is 9.95. The first kappa shape index (κ1) is 16.5. The van der Waals surface area contributed by atoms with Crippen molar-refractivity contribution in [2.75, 3.05) is 26.2 Å². The molecule has 0 saturated carbocycles. The molecule has 0 spiro atoms. The fourth-order valence-corrected chi connectivity index (χ4v) is 2.94. The third kappa shape index (κ3) is 4.83. The van der Waals surface area contributed by atoms with E-state index in [0.717, 1.165) is 25.6 Å². The number of urea groups is 1. The van der Waals surface area contributed by atoms with E-state index in [-0.39, 0.29) is 24.2 Å². The number of likely N-dealkylation sites (tertiary alicyclic amines) is 1. The second kappa shape index (κ2) is 7.42. The Hall–Kier alpha value is -0.850. The molecule has 2 rings (SSSR count). The zero-order chi connectivity index (χ0) is 15.4. The molecule has 0 bridgehead atoms. The van der Waals surface area contributed by atoms with Gasteiger partial charge in [-0.15, -0.1) is 0 Å². The van der Waals surface area contributed by atoms with Crippen LogP contribution in [0.15, 0.2) is 0 Å². The number of hydrogen-bond acceptors (Lipinski definition) is 4. The number of nitrogens with one attached hydrogen (secondary N) is 2. The molecule has 3 N–H and O–H groups in total. The number of amides is 2. The highest BCUT2D eigenvalue weighted by Gasteiger charge is 2.38. The number of hydrogen-bond donors (Lipinski definition) is 3. The van der Waals surface area contributed by atoms with Crippen LogP contribution in [0.5, 0.6) is 0 Å². The van der Waals surface area contributed by atoms with E-state index < -0.39 is 6.10 Å². The van der Waals surface area contributed by atoms with Gasteiger partial charge in [-0.25, -0.2) is 4.79 Å². The van der Waals surface area contributed by atoms with Crippen molar-refractivity contribution in [3.05, 3.63) is 0 Å². The van der Waals surface area contributed by atoms with Gasteiger partial charge in [0.05, 0.1) is 18.8 Å². The van der Waals surface area contributed by atoms with E-state index in [1.807, 2.05) is 13.8 Å². The van der Waals surface area contributed by atoms with E-state index in [1.54, 1.807) is 0 Å². The van der Waals surface area contributed by atoms with E-state index in [0.29, 0.717) is 6.61 Å². The lowest BCUT2D eigenvalue weighted by molar-refractivity contribution is 0.00880. The molecule has 2 aliphatic heterocycles. The van der Waals surface area contributed by atoms with Crippen LogP contribution in [0, 0.1) is 5.92 Å². The van der Waals surface area contributed by atoms with Crippen LogP contribution in [0.25, 0.3) is 0 Å². The minimum atomic E-state index is -0.637. The van der Waals surface area contributed by atoms with Crippen molar-refractivity contribution in [2.45, 2.75) is 57.9 Å².